The van der Waals surface area contributed by atoms with Crippen molar-refractivity contribution in [1.29, 1.82) is 0 Å². The number of carbonyl (C=O) groups excluding carboxylic acids is 1. The van der Waals surface area contributed by atoms with Crippen molar-refractivity contribution in [3.05, 3.63) is 65.2 Å². The predicted molar refractivity (Wildman–Crippen MR) is 93.2 cm³/mol. The summed E-state index contributed by atoms with van der Waals surface area (Å²) in [5, 5.41) is 2.98. The molecule has 0 radical (unpaired) electrons. The van der Waals surface area contributed by atoms with Crippen molar-refractivity contribution in [2.24, 2.45) is 5.92 Å². The summed E-state index contributed by atoms with van der Waals surface area (Å²) in [5.41, 5.74) is 4.41. The third-order valence-corrected chi connectivity index (χ3v) is 3.84. The van der Waals surface area contributed by atoms with Gasteiger partial charge in [-0.2, -0.15) is 0 Å². The van der Waals surface area contributed by atoms with Crippen LogP contribution in [0.3, 0.4) is 0 Å². The summed E-state index contributed by atoms with van der Waals surface area (Å²) < 4.78 is 0. The van der Waals surface area contributed by atoms with Gasteiger partial charge in [0.2, 0.25) is 5.91 Å². The van der Waals surface area contributed by atoms with Gasteiger partial charge in [-0.25, -0.2) is 0 Å². The van der Waals surface area contributed by atoms with E-state index in [9.17, 15) is 4.79 Å². The Balaban J connectivity index is 2.02. The molecule has 0 bridgehead atoms. The molecule has 2 aromatic carbocycles. The molecule has 0 saturated carbocycles. The Hall–Kier alpha value is -2.09. The summed E-state index contributed by atoms with van der Waals surface area (Å²) in [6.07, 6.45) is 1.07. The van der Waals surface area contributed by atoms with Crippen LogP contribution in [-0.2, 0) is 11.2 Å². The molecule has 2 heteroatoms. The third kappa shape index (κ3) is 4.45. The molecular formula is C20H25NO. The number of aryl methyl sites for hydroxylation is 1. The van der Waals surface area contributed by atoms with E-state index in [1.54, 1.807) is 0 Å². The fourth-order valence-electron chi connectivity index (χ4n) is 2.45. The van der Waals surface area contributed by atoms with Crippen molar-refractivity contribution < 1.29 is 4.79 Å². The highest BCUT2D eigenvalue weighted by Gasteiger charge is 2.15. The van der Waals surface area contributed by atoms with Crippen LogP contribution in [0.4, 0.5) is 5.69 Å². The van der Waals surface area contributed by atoms with Gasteiger partial charge in [-0.15, -0.1) is 0 Å². The van der Waals surface area contributed by atoms with Crippen LogP contribution in [0.5, 0.6) is 0 Å². The van der Waals surface area contributed by atoms with Gasteiger partial charge in [0.25, 0.3) is 0 Å². The van der Waals surface area contributed by atoms with Gasteiger partial charge in [-0.05, 0) is 49.4 Å². The van der Waals surface area contributed by atoms with Crippen LogP contribution in [0.15, 0.2) is 48.5 Å². The number of hydrogen-bond donors (Lipinski definition) is 1. The Morgan fingerprint density at radius 3 is 2.09 bits per heavy atom. The van der Waals surface area contributed by atoms with Gasteiger partial charge >= 0.3 is 0 Å². The van der Waals surface area contributed by atoms with Crippen molar-refractivity contribution in [3.8, 4) is 0 Å². The maximum Gasteiger partial charge on any atom is 0.231 e. The minimum atomic E-state index is -0.158. The summed E-state index contributed by atoms with van der Waals surface area (Å²) in [7, 11) is 0. The van der Waals surface area contributed by atoms with E-state index in [2.05, 4.69) is 43.4 Å². The van der Waals surface area contributed by atoms with Gasteiger partial charge in [-0.1, -0.05) is 55.8 Å². The minimum absolute atomic E-state index is 0.0282. The van der Waals surface area contributed by atoms with Crippen molar-refractivity contribution in [1.82, 2.24) is 0 Å². The van der Waals surface area contributed by atoms with Gasteiger partial charge in [0.1, 0.15) is 0 Å². The number of amides is 1. The van der Waals surface area contributed by atoms with Crippen LogP contribution >= 0.6 is 0 Å². The fraction of sp³-hybridized carbons (Fsp3) is 0.350. The molecule has 1 atom stereocenters. The molecule has 0 unspecified atom stereocenters. The summed E-state index contributed by atoms with van der Waals surface area (Å²) in [6, 6.07) is 16.3. The molecule has 0 aliphatic carbocycles. The number of carbonyl (C=O) groups is 1. The van der Waals surface area contributed by atoms with Gasteiger partial charge in [-0.3, -0.25) is 4.79 Å². The first-order valence-electron chi connectivity index (χ1n) is 7.92. The molecule has 2 aromatic rings. The molecule has 22 heavy (non-hydrogen) atoms. The maximum atomic E-state index is 12.3. The van der Waals surface area contributed by atoms with E-state index in [-0.39, 0.29) is 11.8 Å². The smallest absolute Gasteiger partial charge is 0.231 e. The van der Waals surface area contributed by atoms with Gasteiger partial charge in [0, 0.05) is 5.69 Å². The van der Waals surface area contributed by atoms with Crippen LogP contribution in [0, 0.1) is 12.8 Å². The van der Waals surface area contributed by atoms with Gasteiger partial charge in [0.15, 0.2) is 0 Å². The lowest BCUT2D eigenvalue weighted by molar-refractivity contribution is -0.117. The van der Waals surface area contributed by atoms with Crippen LogP contribution < -0.4 is 5.32 Å². The van der Waals surface area contributed by atoms with E-state index in [4.69, 9.17) is 0 Å². The van der Waals surface area contributed by atoms with Crippen LogP contribution in [0.25, 0.3) is 0 Å². The zero-order valence-corrected chi connectivity index (χ0v) is 13.9. The molecule has 0 aliphatic rings. The molecular weight excluding hydrogens is 270 g/mol. The van der Waals surface area contributed by atoms with Crippen LogP contribution in [-0.4, -0.2) is 5.91 Å². The maximum absolute atomic E-state index is 12.3. The predicted octanol–water partition coefficient (Wildman–Crippen LogP) is 4.94. The average Bonchev–Trinajstić information content (AvgIpc) is 2.49. The molecule has 0 saturated heterocycles. The fourth-order valence-corrected chi connectivity index (χ4v) is 2.45. The molecule has 2 nitrogen and oxygen atoms in total. The van der Waals surface area contributed by atoms with Crippen molar-refractivity contribution in [3.63, 3.8) is 0 Å². The average molecular weight is 295 g/mol. The van der Waals surface area contributed by atoms with Crippen LogP contribution in [0.2, 0.25) is 0 Å². The number of rotatable bonds is 5. The lowest BCUT2D eigenvalue weighted by atomic mass is 9.96. The van der Waals surface area contributed by atoms with E-state index in [1.165, 1.54) is 11.1 Å². The first-order chi connectivity index (χ1) is 10.5. The molecule has 0 spiro atoms. The highest BCUT2D eigenvalue weighted by Crippen LogP contribution is 2.20. The lowest BCUT2D eigenvalue weighted by Gasteiger charge is -2.14. The number of anilines is 1. The second-order valence-corrected chi connectivity index (χ2v) is 6.42. The molecule has 0 aromatic heterocycles. The first kappa shape index (κ1) is 16.3. The van der Waals surface area contributed by atoms with Crippen molar-refractivity contribution >= 4 is 11.6 Å². The summed E-state index contributed by atoms with van der Waals surface area (Å²) in [4.78, 5) is 12.3. The highest BCUT2D eigenvalue weighted by molar-refractivity contribution is 5.95. The number of benzene rings is 2. The minimum Gasteiger partial charge on any atom is -0.326 e. The second-order valence-electron chi connectivity index (χ2n) is 6.42. The highest BCUT2D eigenvalue weighted by atomic mass is 16.1. The van der Waals surface area contributed by atoms with E-state index >= 15 is 0 Å². The van der Waals surface area contributed by atoms with E-state index in [1.807, 2.05) is 38.1 Å². The second kappa shape index (κ2) is 7.26. The summed E-state index contributed by atoms with van der Waals surface area (Å²) in [5.74, 6) is 0.517. The molecule has 0 aliphatic heterocycles. The molecule has 2 rings (SSSR count). The number of nitrogens with one attached hydrogen (secondary N) is 1. The van der Waals surface area contributed by atoms with E-state index < -0.39 is 0 Å². The van der Waals surface area contributed by atoms with Crippen LogP contribution in [0.1, 0.15) is 43.4 Å². The monoisotopic (exact) mass is 295 g/mol. The Morgan fingerprint density at radius 2 is 1.55 bits per heavy atom. The Labute approximate surface area is 133 Å². The van der Waals surface area contributed by atoms with Gasteiger partial charge < -0.3 is 5.32 Å². The molecule has 116 valence electrons. The molecule has 0 heterocycles. The normalized spacial score (nSPS) is 12.2. The third-order valence-electron chi connectivity index (χ3n) is 3.84. The Kier molecular flexibility index (Phi) is 5.37. The largest absolute Gasteiger partial charge is 0.326 e. The van der Waals surface area contributed by atoms with Crippen molar-refractivity contribution in [2.45, 2.75) is 40.0 Å². The van der Waals surface area contributed by atoms with E-state index in [0.717, 1.165) is 17.7 Å². The standard InChI is InChI=1S/C20H25NO/c1-14(2)13-17-7-9-18(10-8-17)16(4)20(22)21-19-11-5-15(3)6-12-19/h5-12,14,16H,13H2,1-4H3,(H,21,22)/t16-/m0/s1. The summed E-state index contributed by atoms with van der Waals surface area (Å²) >= 11 is 0. The lowest BCUT2D eigenvalue weighted by Crippen LogP contribution is -2.18. The zero-order chi connectivity index (χ0) is 16.1. The van der Waals surface area contributed by atoms with E-state index in [0.29, 0.717) is 5.92 Å². The summed E-state index contributed by atoms with van der Waals surface area (Å²) in [6.45, 7) is 8.41. The number of hydrogen-bond acceptors (Lipinski definition) is 1. The topological polar surface area (TPSA) is 29.1 Å². The Morgan fingerprint density at radius 1 is 0.955 bits per heavy atom. The molecule has 1 amide bonds. The quantitative estimate of drug-likeness (QED) is 0.832. The Bertz CT molecular complexity index is 611. The van der Waals surface area contributed by atoms with Crippen molar-refractivity contribution in [2.75, 3.05) is 5.32 Å². The molecule has 1 N–H and O–H groups in total. The molecule has 0 fully saturated rings. The first-order valence-corrected chi connectivity index (χ1v) is 7.92. The zero-order valence-electron chi connectivity index (χ0n) is 13.9. The van der Waals surface area contributed by atoms with Gasteiger partial charge in [0.05, 0.1) is 5.92 Å². The SMILES string of the molecule is Cc1ccc(NC(=O)[C@@H](C)c2ccc(CC(C)C)cc2)cc1.